The van der Waals surface area contributed by atoms with Gasteiger partial charge in [-0.2, -0.15) is 5.10 Å². The number of nitrogens with two attached hydrogens (primary N) is 1. The van der Waals surface area contributed by atoms with Crippen molar-refractivity contribution >= 4 is 27.5 Å². The van der Waals surface area contributed by atoms with Gasteiger partial charge in [0.1, 0.15) is 0 Å². The molecule has 6 heteroatoms. The molecule has 0 amide bonds. The fraction of sp³-hybridized carbons (Fsp3) is 0.250. The summed E-state index contributed by atoms with van der Waals surface area (Å²) in [6, 6.07) is 7.47. The Labute approximate surface area is 119 Å². The molecule has 0 aliphatic rings. The van der Waals surface area contributed by atoms with Crippen molar-refractivity contribution in [3.8, 4) is 0 Å². The maximum absolute atomic E-state index is 5.90. The van der Waals surface area contributed by atoms with Crippen LogP contribution in [-0.4, -0.2) is 9.78 Å². The molecule has 0 fully saturated rings. The predicted octanol–water partition coefficient (Wildman–Crippen LogP) is 2.87. The SMILES string of the molecule is CCn1ncc(Br)c1C(NN)c1ccc(Cl)cc1. The first-order chi connectivity index (χ1) is 8.67. The van der Waals surface area contributed by atoms with E-state index in [0.29, 0.717) is 5.02 Å². The number of halogens is 2. The van der Waals surface area contributed by atoms with E-state index in [4.69, 9.17) is 17.4 Å². The number of benzene rings is 1. The predicted molar refractivity (Wildman–Crippen MR) is 76.2 cm³/mol. The molecule has 0 spiro atoms. The fourth-order valence-electron chi connectivity index (χ4n) is 1.90. The Morgan fingerprint density at radius 3 is 2.67 bits per heavy atom. The second-order valence-electron chi connectivity index (χ2n) is 3.84. The minimum Gasteiger partial charge on any atom is -0.271 e. The zero-order valence-electron chi connectivity index (χ0n) is 9.90. The maximum atomic E-state index is 5.90. The number of nitrogens with zero attached hydrogens (tertiary/aromatic N) is 2. The van der Waals surface area contributed by atoms with E-state index in [2.05, 4.69) is 26.5 Å². The largest absolute Gasteiger partial charge is 0.271 e. The molecule has 3 N–H and O–H groups in total. The first-order valence-corrected chi connectivity index (χ1v) is 6.77. The highest BCUT2D eigenvalue weighted by molar-refractivity contribution is 9.10. The molecule has 0 saturated heterocycles. The van der Waals surface area contributed by atoms with Crippen molar-refractivity contribution in [3.05, 3.63) is 51.2 Å². The zero-order chi connectivity index (χ0) is 13.1. The Morgan fingerprint density at radius 1 is 1.44 bits per heavy atom. The molecule has 1 unspecified atom stereocenters. The number of aryl methyl sites for hydroxylation is 1. The van der Waals surface area contributed by atoms with E-state index in [1.165, 1.54) is 0 Å². The third-order valence-electron chi connectivity index (χ3n) is 2.78. The number of rotatable bonds is 4. The average Bonchev–Trinajstić information content (AvgIpc) is 2.74. The lowest BCUT2D eigenvalue weighted by molar-refractivity contribution is 0.542. The van der Waals surface area contributed by atoms with Gasteiger partial charge < -0.3 is 0 Å². The van der Waals surface area contributed by atoms with Crippen LogP contribution in [0.2, 0.25) is 5.02 Å². The fourth-order valence-corrected chi connectivity index (χ4v) is 2.55. The van der Waals surface area contributed by atoms with E-state index in [1.54, 1.807) is 6.20 Å². The summed E-state index contributed by atoms with van der Waals surface area (Å²) in [4.78, 5) is 0. The molecule has 4 nitrogen and oxygen atoms in total. The highest BCUT2D eigenvalue weighted by atomic mass is 79.9. The molecule has 0 saturated carbocycles. The molecule has 0 radical (unpaired) electrons. The number of hydrogen-bond donors (Lipinski definition) is 2. The van der Waals surface area contributed by atoms with E-state index >= 15 is 0 Å². The smallest absolute Gasteiger partial charge is 0.0889 e. The lowest BCUT2D eigenvalue weighted by Gasteiger charge is -2.18. The van der Waals surface area contributed by atoms with Gasteiger partial charge in [0.25, 0.3) is 0 Å². The lowest BCUT2D eigenvalue weighted by atomic mass is 10.0. The van der Waals surface area contributed by atoms with Crippen LogP contribution < -0.4 is 11.3 Å². The summed E-state index contributed by atoms with van der Waals surface area (Å²) >= 11 is 9.40. The molecule has 0 aliphatic heterocycles. The van der Waals surface area contributed by atoms with Gasteiger partial charge in [-0.1, -0.05) is 23.7 Å². The zero-order valence-corrected chi connectivity index (χ0v) is 12.2. The Hall–Kier alpha value is -0.880. The number of hydrogen-bond acceptors (Lipinski definition) is 3. The Balaban J connectivity index is 2.44. The maximum Gasteiger partial charge on any atom is 0.0889 e. The molecule has 18 heavy (non-hydrogen) atoms. The van der Waals surface area contributed by atoms with Gasteiger partial charge in [-0.05, 0) is 40.5 Å². The molecule has 1 atom stereocenters. The second kappa shape index (κ2) is 5.84. The molecule has 0 bridgehead atoms. The van der Waals surface area contributed by atoms with Crippen molar-refractivity contribution in [2.24, 2.45) is 5.84 Å². The summed E-state index contributed by atoms with van der Waals surface area (Å²) < 4.78 is 2.84. The molecular weight excluding hydrogens is 316 g/mol. The van der Waals surface area contributed by atoms with Crippen LogP contribution in [-0.2, 0) is 6.54 Å². The minimum atomic E-state index is -0.126. The number of aromatic nitrogens is 2. The van der Waals surface area contributed by atoms with Gasteiger partial charge in [0, 0.05) is 11.6 Å². The van der Waals surface area contributed by atoms with Gasteiger partial charge in [-0.3, -0.25) is 10.5 Å². The minimum absolute atomic E-state index is 0.126. The lowest BCUT2D eigenvalue weighted by Crippen LogP contribution is -2.31. The molecule has 1 aromatic carbocycles. The highest BCUT2D eigenvalue weighted by Gasteiger charge is 2.20. The third-order valence-corrected chi connectivity index (χ3v) is 3.64. The van der Waals surface area contributed by atoms with Crippen LogP contribution in [0.15, 0.2) is 34.9 Å². The van der Waals surface area contributed by atoms with Gasteiger partial charge in [0.15, 0.2) is 0 Å². The van der Waals surface area contributed by atoms with Crippen molar-refractivity contribution in [2.45, 2.75) is 19.5 Å². The van der Waals surface area contributed by atoms with Crippen LogP contribution >= 0.6 is 27.5 Å². The standard InChI is InChI=1S/C12H14BrClN4/c1-2-18-12(10(13)7-16-18)11(17-15)8-3-5-9(14)6-4-8/h3-7,11,17H,2,15H2,1H3. The van der Waals surface area contributed by atoms with E-state index in [0.717, 1.165) is 22.3 Å². The second-order valence-corrected chi connectivity index (χ2v) is 5.14. The average molecular weight is 330 g/mol. The Bertz CT molecular complexity index is 523. The first-order valence-electron chi connectivity index (χ1n) is 5.60. The van der Waals surface area contributed by atoms with Crippen molar-refractivity contribution in [1.82, 2.24) is 15.2 Å². The summed E-state index contributed by atoms with van der Waals surface area (Å²) in [6.45, 7) is 2.82. The topological polar surface area (TPSA) is 55.9 Å². The van der Waals surface area contributed by atoms with Gasteiger partial charge in [0.05, 0.1) is 22.4 Å². The van der Waals surface area contributed by atoms with Crippen LogP contribution in [0.4, 0.5) is 0 Å². The molecule has 96 valence electrons. The Kier molecular flexibility index (Phi) is 4.40. The monoisotopic (exact) mass is 328 g/mol. The van der Waals surface area contributed by atoms with Crippen molar-refractivity contribution in [3.63, 3.8) is 0 Å². The van der Waals surface area contributed by atoms with E-state index in [-0.39, 0.29) is 6.04 Å². The molecule has 0 aliphatic carbocycles. The van der Waals surface area contributed by atoms with Gasteiger partial charge in [-0.15, -0.1) is 0 Å². The molecular formula is C12H14BrClN4. The first kappa shape index (κ1) is 13.5. The van der Waals surface area contributed by atoms with Crippen molar-refractivity contribution < 1.29 is 0 Å². The summed E-state index contributed by atoms with van der Waals surface area (Å²) in [6.07, 6.45) is 1.78. The summed E-state index contributed by atoms with van der Waals surface area (Å²) in [5.41, 5.74) is 4.86. The normalized spacial score (nSPS) is 12.7. The van der Waals surface area contributed by atoms with Crippen molar-refractivity contribution in [2.75, 3.05) is 0 Å². The summed E-state index contributed by atoms with van der Waals surface area (Å²) in [5.74, 6) is 5.68. The number of hydrazine groups is 1. The third kappa shape index (κ3) is 2.59. The summed E-state index contributed by atoms with van der Waals surface area (Å²) in [5, 5.41) is 5.00. The van der Waals surface area contributed by atoms with Crippen LogP contribution in [0, 0.1) is 0 Å². The van der Waals surface area contributed by atoms with E-state index in [9.17, 15) is 0 Å². The Morgan fingerprint density at radius 2 is 2.11 bits per heavy atom. The number of nitrogens with one attached hydrogen (secondary N) is 1. The van der Waals surface area contributed by atoms with Crippen molar-refractivity contribution in [1.29, 1.82) is 0 Å². The van der Waals surface area contributed by atoms with Crippen LogP contribution in [0.25, 0.3) is 0 Å². The molecule has 2 rings (SSSR count). The molecule has 1 aromatic heterocycles. The highest BCUT2D eigenvalue weighted by Crippen LogP contribution is 2.28. The molecule has 1 heterocycles. The van der Waals surface area contributed by atoms with Gasteiger partial charge in [-0.25, -0.2) is 5.43 Å². The van der Waals surface area contributed by atoms with Crippen LogP contribution in [0.3, 0.4) is 0 Å². The summed E-state index contributed by atoms with van der Waals surface area (Å²) in [7, 11) is 0. The molecule has 2 aromatic rings. The van der Waals surface area contributed by atoms with Crippen LogP contribution in [0.5, 0.6) is 0 Å². The van der Waals surface area contributed by atoms with Crippen LogP contribution in [0.1, 0.15) is 24.2 Å². The quantitative estimate of drug-likeness (QED) is 0.670. The van der Waals surface area contributed by atoms with Gasteiger partial charge >= 0.3 is 0 Å². The van der Waals surface area contributed by atoms with E-state index < -0.39 is 0 Å². The van der Waals surface area contributed by atoms with Gasteiger partial charge in [0.2, 0.25) is 0 Å². The van der Waals surface area contributed by atoms with E-state index in [1.807, 2.05) is 35.9 Å².